The molecule has 5 heteroatoms. The van der Waals surface area contributed by atoms with Gasteiger partial charge in [-0.25, -0.2) is 4.39 Å². The van der Waals surface area contributed by atoms with Gasteiger partial charge in [-0.15, -0.1) is 11.8 Å². The molecule has 0 spiro atoms. The number of halogens is 1. The summed E-state index contributed by atoms with van der Waals surface area (Å²) in [6.07, 6.45) is 0.901. The molecule has 0 bridgehead atoms. The molecule has 0 aromatic heterocycles. The minimum atomic E-state index is -0.133. The second-order valence-electron chi connectivity index (χ2n) is 4.33. The fraction of sp³-hybridized carbons (Fsp3) is 0.462. The largest absolute Gasteiger partial charge is 0.378 e. The highest BCUT2D eigenvalue weighted by Crippen LogP contribution is 2.32. The summed E-state index contributed by atoms with van der Waals surface area (Å²) in [5.74, 6) is 0.767. The van der Waals surface area contributed by atoms with Crippen LogP contribution in [0.15, 0.2) is 28.2 Å². The van der Waals surface area contributed by atoms with Crippen LogP contribution < -0.4 is 0 Å². The number of fused-ring (bicyclic) bond motifs is 1. The quantitative estimate of drug-likeness (QED) is 0.780. The molecular weight excluding hydrogens is 251 g/mol. The Hall–Kier alpha value is -1.07. The predicted octanol–water partition coefficient (Wildman–Crippen LogP) is 2.36. The maximum atomic E-state index is 13.7. The number of hydrazone groups is 1. The van der Waals surface area contributed by atoms with Gasteiger partial charge in [0.2, 0.25) is 0 Å². The van der Waals surface area contributed by atoms with Crippen LogP contribution in [-0.4, -0.2) is 42.8 Å². The molecule has 0 unspecified atom stereocenters. The van der Waals surface area contributed by atoms with Crippen molar-refractivity contribution in [2.24, 2.45) is 5.10 Å². The SMILES string of the molecule is Fc1cccc2c1SCCC2=NN1CCOCC1. The van der Waals surface area contributed by atoms with Gasteiger partial charge in [0.05, 0.1) is 36.9 Å². The second-order valence-corrected chi connectivity index (χ2v) is 5.43. The van der Waals surface area contributed by atoms with Crippen molar-refractivity contribution < 1.29 is 9.13 Å². The zero-order valence-electron chi connectivity index (χ0n) is 10.1. The Labute approximate surface area is 110 Å². The fourth-order valence-electron chi connectivity index (χ4n) is 2.20. The van der Waals surface area contributed by atoms with Crippen LogP contribution in [0.2, 0.25) is 0 Å². The average molecular weight is 266 g/mol. The highest BCUT2D eigenvalue weighted by Gasteiger charge is 2.20. The number of hydrogen-bond acceptors (Lipinski definition) is 4. The van der Waals surface area contributed by atoms with Gasteiger partial charge in [-0.2, -0.15) is 5.10 Å². The molecular formula is C13H15FN2OS. The lowest BCUT2D eigenvalue weighted by molar-refractivity contribution is 0.0393. The van der Waals surface area contributed by atoms with Crippen molar-refractivity contribution in [1.82, 2.24) is 5.01 Å². The summed E-state index contributed by atoms with van der Waals surface area (Å²) in [5.41, 5.74) is 1.96. The molecule has 96 valence electrons. The zero-order chi connectivity index (χ0) is 12.4. The van der Waals surface area contributed by atoms with E-state index in [2.05, 4.69) is 5.10 Å². The lowest BCUT2D eigenvalue weighted by Crippen LogP contribution is -2.33. The van der Waals surface area contributed by atoms with E-state index in [1.165, 1.54) is 6.07 Å². The summed E-state index contributed by atoms with van der Waals surface area (Å²) in [7, 11) is 0. The van der Waals surface area contributed by atoms with Crippen LogP contribution in [0.1, 0.15) is 12.0 Å². The lowest BCUT2D eigenvalue weighted by Gasteiger charge is -2.26. The Morgan fingerprint density at radius 3 is 2.94 bits per heavy atom. The number of rotatable bonds is 1. The van der Waals surface area contributed by atoms with Crippen molar-refractivity contribution in [1.29, 1.82) is 0 Å². The first-order valence-electron chi connectivity index (χ1n) is 6.16. The van der Waals surface area contributed by atoms with Gasteiger partial charge in [0.1, 0.15) is 5.82 Å². The third kappa shape index (κ3) is 2.37. The Morgan fingerprint density at radius 1 is 1.28 bits per heavy atom. The van der Waals surface area contributed by atoms with E-state index in [4.69, 9.17) is 4.74 Å². The Balaban J connectivity index is 1.90. The number of nitrogens with zero attached hydrogens (tertiary/aromatic N) is 2. The molecule has 1 aromatic carbocycles. The van der Waals surface area contributed by atoms with E-state index in [1.807, 2.05) is 11.1 Å². The number of morpholine rings is 1. The summed E-state index contributed by atoms with van der Waals surface area (Å²) in [5, 5.41) is 6.70. The predicted molar refractivity (Wildman–Crippen MR) is 70.7 cm³/mol. The normalized spacial score (nSPS) is 22.1. The van der Waals surface area contributed by atoms with Gasteiger partial charge in [0, 0.05) is 17.7 Å². The van der Waals surface area contributed by atoms with Crippen LogP contribution in [0.4, 0.5) is 4.39 Å². The van der Waals surface area contributed by atoms with E-state index in [1.54, 1.807) is 17.8 Å². The van der Waals surface area contributed by atoms with E-state index in [-0.39, 0.29) is 5.82 Å². The highest BCUT2D eigenvalue weighted by atomic mass is 32.2. The summed E-state index contributed by atoms with van der Waals surface area (Å²) < 4.78 is 19.0. The zero-order valence-corrected chi connectivity index (χ0v) is 10.9. The summed E-state index contributed by atoms with van der Waals surface area (Å²) in [4.78, 5) is 0.746. The molecule has 0 aliphatic carbocycles. The number of benzene rings is 1. The van der Waals surface area contributed by atoms with Gasteiger partial charge in [0.15, 0.2) is 0 Å². The van der Waals surface area contributed by atoms with E-state index >= 15 is 0 Å². The highest BCUT2D eigenvalue weighted by molar-refractivity contribution is 7.99. The van der Waals surface area contributed by atoms with Crippen molar-refractivity contribution in [3.05, 3.63) is 29.6 Å². The van der Waals surface area contributed by atoms with Gasteiger partial charge in [-0.05, 0) is 6.07 Å². The molecule has 0 radical (unpaired) electrons. The molecule has 0 atom stereocenters. The summed E-state index contributed by atoms with van der Waals surface area (Å²) >= 11 is 1.58. The van der Waals surface area contributed by atoms with Crippen LogP contribution in [0.5, 0.6) is 0 Å². The number of thioether (sulfide) groups is 1. The maximum Gasteiger partial charge on any atom is 0.137 e. The van der Waals surface area contributed by atoms with E-state index in [9.17, 15) is 4.39 Å². The fourth-order valence-corrected chi connectivity index (χ4v) is 3.24. The smallest absolute Gasteiger partial charge is 0.137 e. The molecule has 2 aliphatic rings. The van der Waals surface area contributed by atoms with Gasteiger partial charge in [-0.3, -0.25) is 5.01 Å². The third-order valence-corrected chi connectivity index (χ3v) is 4.22. The molecule has 0 N–H and O–H groups in total. The molecule has 1 saturated heterocycles. The summed E-state index contributed by atoms with van der Waals surface area (Å²) in [6, 6.07) is 5.24. The summed E-state index contributed by atoms with van der Waals surface area (Å²) in [6.45, 7) is 3.09. The Morgan fingerprint density at radius 2 is 2.11 bits per heavy atom. The molecule has 3 nitrogen and oxygen atoms in total. The topological polar surface area (TPSA) is 24.8 Å². The number of hydrogen-bond donors (Lipinski definition) is 0. The standard InChI is InChI=1S/C13H15FN2OS/c14-11-3-1-2-10-12(4-9-18-13(10)11)15-16-5-7-17-8-6-16/h1-3H,4-9H2. The molecule has 0 amide bonds. The average Bonchev–Trinajstić information content (AvgIpc) is 2.41. The van der Waals surface area contributed by atoms with Gasteiger partial charge in [0.25, 0.3) is 0 Å². The van der Waals surface area contributed by atoms with Crippen LogP contribution in [0.25, 0.3) is 0 Å². The molecule has 3 rings (SSSR count). The first-order chi connectivity index (χ1) is 8.84. The second kappa shape index (κ2) is 5.28. The first-order valence-corrected chi connectivity index (χ1v) is 7.15. The van der Waals surface area contributed by atoms with Crippen molar-refractivity contribution in [2.45, 2.75) is 11.3 Å². The van der Waals surface area contributed by atoms with Crippen molar-refractivity contribution in [3.63, 3.8) is 0 Å². The van der Waals surface area contributed by atoms with Crippen LogP contribution in [0, 0.1) is 5.82 Å². The maximum absolute atomic E-state index is 13.7. The van der Waals surface area contributed by atoms with Crippen LogP contribution in [-0.2, 0) is 4.74 Å². The van der Waals surface area contributed by atoms with Gasteiger partial charge in [-0.1, -0.05) is 12.1 Å². The van der Waals surface area contributed by atoms with E-state index in [0.717, 1.165) is 54.6 Å². The molecule has 18 heavy (non-hydrogen) atoms. The van der Waals surface area contributed by atoms with Crippen LogP contribution in [0.3, 0.4) is 0 Å². The van der Waals surface area contributed by atoms with E-state index in [0.29, 0.717) is 0 Å². The molecule has 2 aliphatic heterocycles. The molecule has 1 fully saturated rings. The van der Waals surface area contributed by atoms with Crippen molar-refractivity contribution >= 4 is 17.5 Å². The minimum absolute atomic E-state index is 0.133. The van der Waals surface area contributed by atoms with Gasteiger partial charge < -0.3 is 4.74 Å². The third-order valence-electron chi connectivity index (χ3n) is 3.11. The Kier molecular flexibility index (Phi) is 3.52. The van der Waals surface area contributed by atoms with Gasteiger partial charge >= 0.3 is 0 Å². The first kappa shape index (κ1) is 12.0. The van der Waals surface area contributed by atoms with Crippen molar-refractivity contribution in [3.8, 4) is 0 Å². The Bertz CT molecular complexity index is 472. The lowest BCUT2D eigenvalue weighted by atomic mass is 10.1. The number of ether oxygens (including phenoxy) is 1. The molecule has 2 heterocycles. The molecule has 1 aromatic rings. The van der Waals surface area contributed by atoms with Crippen molar-refractivity contribution in [2.75, 3.05) is 32.1 Å². The van der Waals surface area contributed by atoms with E-state index < -0.39 is 0 Å². The molecule has 0 saturated carbocycles. The monoisotopic (exact) mass is 266 g/mol. The van der Waals surface area contributed by atoms with Crippen LogP contribution >= 0.6 is 11.8 Å². The minimum Gasteiger partial charge on any atom is -0.378 e.